The third kappa shape index (κ3) is 2.68. The average Bonchev–Trinajstić information content (AvgIpc) is 2.67. The molecule has 1 aromatic carbocycles. The van der Waals surface area contributed by atoms with Gasteiger partial charge in [-0.25, -0.2) is 0 Å². The zero-order valence-electron chi connectivity index (χ0n) is 9.85. The summed E-state index contributed by atoms with van der Waals surface area (Å²) in [5.74, 6) is 1.44. The van der Waals surface area contributed by atoms with Gasteiger partial charge in [-0.1, -0.05) is 15.9 Å². The lowest BCUT2D eigenvalue weighted by Gasteiger charge is -2.04. The van der Waals surface area contributed by atoms with Crippen LogP contribution in [0.2, 0.25) is 0 Å². The number of aromatic nitrogens is 3. The Morgan fingerprint density at radius 1 is 1.56 bits per heavy atom. The van der Waals surface area contributed by atoms with Crippen LogP contribution >= 0.6 is 28.1 Å². The predicted molar refractivity (Wildman–Crippen MR) is 75.8 cm³/mol. The molecule has 0 aliphatic rings. The van der Waals surface area contributed by atoms with Crippen LogP contribution in [0.4, 0.5) is 0 Å². The van der Waals surface area contributed by atoms with Crippen LogP contribution in [0.15, 0.2) is 27.8 Å². The molecule has 7 heteroatoms. The van der Waals surface area contributed by atoms with Crippen molar-refractivity contribution < 1.29 is 4.74 Å². The Labute approximate surface area is 118 Å². The molecule has 0 saturated carbocycles. The lowest BCUT2D eigenvalue weighted by atomic mass is 10.2. The van der Waals surface area contributed by atoms with E-state index in [9.17, 15) is 0 Å². The average molecular weight is 327 g/mol. The van der Waals surface area contributed by atoms with Crippen molar-refractivity contribution in [1.29, 1.82) is 0 Å². The zero-order chi connectivity index (χ0) is 13.1. The number of hydrogen-bond acceptors (Lipinski definition) is 4. The second-order valence-electron chi connectivity index (χ2n) is 3.52. The molecule has 1 aromatic heterocycles. The maximum atomic E-state index is 5.26. The number of aromatic amines is 1. The van der Waals surface area contributed by atoms with Crippen LogP contribution in [0.1, 0.15) is 11.4 Å². The molecule has 0 aliphatic heterocycles. The number of hydrogen-bond donors (Lipinski definition) is 1. The van der Waals surface area contributed by atoms with E-state index in [0.29, 0.717) is 10.6 Å². The van der Waals surface area contributed by atoms with Crippen molar-refractivity contribution in [3.05, 3.63) is 38.8 Å². The summed E-state index contributed by atoms with van der Waals surface area (Å²) in [6.45, 7) is 1.82. The lowest BCUT2D eigenvalue weighted by Crippen LogP contribution is -1.96. The van der Waals surface area contributed by atoms with E-state index in [1.165, 1.54) is 0 Å². The van der Waals surface area contributed by atoms with Gasteiger partial charge in [0, 0.05) is 10.0 Å². The minimum atomic E-state index is 0.456. The molecule has 0 aliphatic carbocycles. The fourth-order valence-corrected chi connectivity index (χ4v) is 2.04. The van der Waals surface area contributed by atoms with Gasteiger partial charge in [0.1, 0.15) is 11.6 Å². The van der Waals surface area contributed by atoms with Crippen LogP contribution in [-0.4, -0.2) is 28.2 Å². The van der Waals surface area contributed by atoms with Gasteiger partial charge in [-0.05, 0) is 37.3 Å². The predicted octanol–water partition coefficient (Wildman–Crippen LogP) is 2.90. The number of halogens is 1. The maximum absolute atomic E-state index is 5.26. The van der Waals surface area contributed by atoms with E-state index in [-0.39, 0.29) is 0 Å². The minimum absolute atomic E-state index is 0.456. The first kappa shape index (κ1) is 13.0. The minimum Gasteiger partial charge on any atom is -0.496 e. The molecular formula is C11H11BrN4OS. The van der Waals surface area contributed by atoms with Crippen molar-refractivity contribution in [1.82, 2.24) is 14.9 Å². The highest BCUT2D eigenvalue weighted by Crippen LogP contribution is 2.21. The normalized spacial score (nSPS) is 11.1. The third-order valence-corrected chi connectivity index (χ3v) is 3.07. The Kier molecular flexibility index (Phi) is 3.93. The number of benzene rings is 1. The maximum Gasteiger partial charge on any atom is 0.216 e. The molecule has 5 nitrogen and oxygen atoms in total. The molecule has 94 valence electrons. The summed E-state index contributed by atoms with van der Waals surface area (Å²) >= 11 is 8.48. The molecule has 0 atom stereocenters. The Morgan fingerprint density at radius 3 is 2.94 bits per heavy atom. The summed E-state index contributed by atoms with van der Waals surface area (Å²) < 4.78 is 8.22. The van der Waals surface area contributed by atoms with Gasteiger partial charge in [0.25, 0.3) is 0 Å². The first-order valence-corrected chi connectivity index (χ1v) is 6.34. The zero-order valence-corrected chi connectivity index (χ0v) is 12.2. The number of methoxy groups -OCH3 is 1. The summed E-state index contributed by atoms with van der Waals surface area (Å²) in [6.07, 6.45) is 1.68. The van der Waals surface area contributed by atoms with Crippen molar-refractivity contribution in [2.45, 2.75) is 6.92 Å². The third-order valence-electron chi connectivity index (χ3n) is 2.32. The number of nitrogens with zero attached hydrogens (tertiary/aromatic N) is 3. The van der Waals surface area contributed by atoms with Gasteiger partial charge in [-0.15, -0.1) is 0 Å². The number of H-pyrrole nitrogens is 1. The van der Waals surface area contributed by atoms with Gasteiger partial charge in [0.15, 0.2) is 0 Å². The molecule has 0 unspecified atom stereocenters. The highest BCUT2D eigenvalue weighted by atomic mass is 79.9. The van der Waals surface area contributed by atoms with Gasteiger partial charge in [0.05, 0.1) is 13.3 Å². The van der Waals surface area contributed by atoms with Gasteiger partial charge in [0.2, 0.25) is 4.77 Å². The second kappa shape index (κ2) is 5.45. The van der Waals surface area contributed by atoms with E-state index >= 15 is 0 Å². The van der Waals surface area contributed by atoms with Gasteiger partial charge in [-0.3, -0.25) is 5.10 Å². The number of aryl methyl sites for hydroxylation is 1. The molecular weight excluding hydrogens is 316 g/mol. The van der Waals surface area contributed by atoms with Crippen molar-refractivity contribution >= 4 is 34.4 Å². The standard InChI is InChI=1S/C11H11BrN4OS/c1-7-14-15-11(18)16(7)13-6-8-5-9(12)3-4-10(8)17-2/h3-6H,1-2H3,(H,15,18)/b13-6-. The number of ether oxygens (including phenoxy) is 1. The second-order valence-corrected chi connectivity index (χ2v) is 4.82. The van der Waals surface area contributed by atoms with Crippen molar-refractivity contribution in [3.63, 3.8) is 0 Å². The van der Waals surface area contributed by atoms with Gasteiger partial charge >= 0.3 is 0 Å². The van der Waals surface area contributed by atoms with Crippen LogP contribution < -0.4 is 4.74 Å². The SMILES string of the molecule is COc1ccc(Br)cc1/C=N\n1c(C)n[nH]c1=S. The van der Waals surface area contributed by atoms with Crippen molar-refractivity contribution in [2.24, 2.45) is 5.10 Å². The Morgan fingerprint density at radius 2 is 2.33 bits per heavy atom. The van der Waals surface area contributed by atoms with Gasteiger partial charge < -0.3 is 4.74 Å². The highest BCUT2D eigenvalue weighted by molar-refractivity contribution is 9.10. The monoisotopic (exact) mass is 326 g/mol. The largest absolute Gasteiger partial charge is 0.496 e. The van der Waals surface area contributed by atoms with E-state index in [0.717, 1.165) is 15.8 Å². The summed E-state index contributed by atoms with van der Waals surface area (Å²) in [7, 11) is 1.62. The lowest BCUT2D eigenvalue weighted by molar-refractivity contribution is 0.414. The van der Waals surface area contributed by atoms with E-state index in [1.54, 1.807) is 18.0 Å². The molecule has 0 spiro atoms. The van der Waals surface area contributed by atoms with Gasteiger partial charge in [-0.2, -0.15) is 14.9 Å². The van der Waals surface area contributed by atoms with E-state index in [4.69, 9.17) is 17.0 Å². The van der Waals surface area contributed by atoms with Crippen LogP contribution in [0, 0.1) is 11.7 Å². The van der Waals surface area contributed by atoms with Crippen LogP contribution in [0.5, 0.6) is 5.75 Å². The Balaban J connectivity index is 2.40. The summed E-state index contributed by atoms with van der Waals surface area (Å²) in [6, 6.07) is 5.69. The van der Waals surface area contributed by atoms with E-state index in [1.807, 2.05) is 25.1 Å². The summed E-state index contributed by atoms with van der Waals surface area (Å²) in [5, 5.41) is 10.9. The van der Waals surface area contributed by atoms with Crippen LogP contribution in [0.3, 0.4) is 0 Å². The highest BCUT2D eigenvalue weighted by Gasteiger charge is 2.02. The van der Waals surface area contributed by atoms with Crippen molar-refractivity contribution in [2.75, 3.05) is 7.11 Å². The molecule has 1 heterocycles. The fraction of sp³-hybridized carbons (Fsp3) is 0.182. The molecule has 0 saturated heterocycles. The summed E-state index contributed by atoms with van der Waals surface area (Å²) in [4.78, 5) is 0. The first-order chi connectivity index (χ1) is 8.61. The van der Waals surface area contributed by atoms with E-state index < -0.39 is 0 Å². The molecule has 0 bridgehead atoms. The van der Waals surface area contributed by atoms with Crippen LogP contribution in [0.25, 0.3) is 0 Å². The molecule has 1 N–H and O–H groups in total. The Hall–Kier alpha value is -1.47. The molecule has 0 fully saturated rings. The Bertz CT molecular complexity index is 647. The molecule has 18 heavy (non-hydrogen) atoms. The first-order valence-electron chi connectivity index (χ1n) is 5.13. The molecule has 0 amide bonds. The smallest absolute Gasteiger partial charge is 0.216 e. The number of rotatable bonds is 3. The molecule has 2 aromatic rings. The molecule has 0 radical (unpaired) electrons. The van der Waals surface area contributed by atoms with E-state index in [2.05, 4.69) is 31.2 Å². The van der Waals surface area contributed by atoms with Crippen molar-refractivity contribution in [3.8, 4) is 5.75 Å². The molecule has 2 rings (SSSR count). The number of nitrogens with one attached hydrogen (secondary N) is 1. The van der Waals surface area contributed by atoms with Crippen LogP contribution in [-0.2, 0) is 0 Å². The topological polar surface area (TPSA) is 55.2 Å². The summed E-state index contributed by atoms with van der Waals surface area (Å²) in [5.41, 5.74) is 0.856. The quantitative estimate of drug-likeness (QED) is 0.697. The fourth-order valence-electron chi connectivity index (χ4n) is 1.43.